The van der Waals surface area contributed by atoms with Crippen LogP contribution in [0.15, 0.2) is 12.1 Å². The van der Waals surface area contributed by atoms with Crippen molar-refractivity contribution in [2.24, 2.45) is 0 Å². The summed E-state index contributed by atoms with van der Waals surface area (Å²) in [6.07, 6.45) is 0. The molecule has 0 saturated heterocycles. The zero-order chi connectivity index (χ0) is 8.43. The quantitative estimate of drug-likeness (QED) is 0.570. The Morgan fingerprint density at radius 2 is 2.78 bits per heavy atom. The molecule has 0 aliphatic carbocycles. The van der Waals surface area contributed by atoms with E-state index in [1.807, 2.05) is 6.07 Å². The molecule has 1 radical (unpaired) electrons. The van der Waals surface area contributed by atoms with Gasteiger partial charge >= 0.3 is 0 Å². The maximum absolute atomic E-state index is 12.4. The molecule has 0 saturated carbocycles. The van der Waals surface area contributed by atoms with Gasteiger partial charge in [0.2, 0.25) is 5.95 Å². The van der Waals surface area contributed by atoms with Crippen molar-refractivity contribution in [3.63, 3.8) is 0 Å². The fourth-order valence-electron chi connectivity index (χ4n) is 0.414. The molecule has 0 amide bonds. The minimum Gasteiger partial charge on any atom is -0.373 e. The fourth-order valence-corrected chi connectivity index (χ4v) is 0.414. The molecule has 47 valence electrons. The van der Waals surface area contributed by atoms with E-state index in [9.17, 15) is 4.39 Å². The lowest BCUT2D eigenvalue weighted by Crippen LogP contribution is -1.92. The Morgan fingerprint density at radius 3 is 3.44 bits per heavy atom. The largest absolute Gasteiger partial charge is 0.373 e. The van der Waals surface area contributed by atoms with Crippen LogP contribution in [0, 0.1) is 12.0 Å². The van der Waals surface area contributed by atoms with E-state index < -0.39 is 5.95 Å². The molecule has 0 unspecified atom stereocenters. The summed E-state index contributed by atoms with van der Waals surface area (Å²) in [5.41, 5.74) is 0. The number of pyridine rings is 1. The molecular weight excluding hydrogens is 119 g/mol. The summed E-state index contributed by atoms with van der Waals surface area (Å²) < 4.78 is 26.6. The van der Waals surface area contributed by atoms with E-state index in [1.54, 1.807) is 0 Å². The third-order valence-electron chi connectivity index (χ3n) is 0.793. The van der Waals surface area contributed by atoms with Crippen molar-refractivity contribution >= 4 is 5.82 Å². The lowest BCUT2D eigenvalue weighted by atomic mass is 10.5. The molecule has 3 heteroatoms. The second-order valence-electron chi connectivity index (χ2n) is 1.38. The number of hydrogen-bond acceptors (Lipinski definition) is 2. The Bertz CT molecular complexity index is 278. The van der Waals surface area contributed by atoms with Crippen molar-refractivity contribution < 1.29 is 7.13 Å². The standard InChI is InChI=1S/C6H6FN2/c1-8-6-4-2-3-5(7)9-6/h2,4H,1H3,(H,8,9)/i2D,4D. The van der Waals surface area contributed by atoms with E-state index in [-0.39, 0.29) is 17.9 Å². The molecular formula is C6H6FN2. The number of halogens is 1. The van der Waals surface area contributed by atoms with Crippen LogP contribution in [-0.2, 0) is 0 Å². The smallest absolute Gasteiger partial charge is 0.222 e. The number of aromatic nitrogens is 1. The van der Waals surface area contributed by atoms with Crippen molar-refractivity contribution in [2.75, 3.05) is 12.4 Å². The predicted octanol–water partition coefficient (Wildman–Crippen LogP) is 1.06. The first-order valence-corrected chi connectivity index (χ1v) is 2.39. The Balaban J connectivity index is 3.24. The van der Waals surface area contributed by atoms with Gasteiger partial charge in [-0.1, -0.05) is 0 Å². The van der Waals surface area contributed by atoms with Gasteiger partial charge in [0.25, 0.3) is 0 Å². The van der Waals surface area contributed by atoms with E-state index in [0.29, 0.717) is 0 Å². The van der Waals surface area contributed by atoms with Gasteiger partial charge < -0.3 is 5.32 Å². The van der Waals surface area contributed by atoms with Gasteiger partial charge in [-0.2, -0.15) is 4.39 Å². The van der Waals surface area contributed by atoms with Crippen molar-refractivity contribution in [1.29, 1.82) is 0 Å². The number of nitrogens with zero attached hydrogens (tertiary/aromatic N) is 1. The number of anilines is 1. The van der Waals surface area contributed by atoms with E-state index >= 15 is 0 Å². The van der Waals surface area contributed by atoms with Gasteiger partial charge in [0, 0.05) is 13.1 Å². The van der Waals surface area contributed by atoms with E-state index in [1.165, 1.54) is 7.05 Å². The van der Waals surface area contributed by atoms with Crippen LogP contribution in [0.3, 0.4) is 0 Å². The summed E-state index contributed by atoms with van der Waals surface area (Å²) in [7, 11) is 1.51. The lowest BCUT2D eigenvalue weighted by Gasteiger charge is -1.94. The van der Waals surface area contributed by atoms with Crippen LogP contribution in [0.5, 0.6) is 0 Å². The Kier molecular flexibility index (Phi) is 1.03. The van der Waals surface area contributed by atoms with Crippen molar-refractivity contribution in [3.8, 4) is 0 Å². The van der Waals surface area contributed by atoms with Gasteiger partial charge in [-0.3, -0.25) is 0 Å². The van der Waals surface area contributed by atoms with Crippen LogP contribution in [0.25, 0.3) is 0 Å². The molecule has 1 N–H and O–H groups in total. The maximum atomic E-state index is 12.4. The number of nitrogens with one attached hydrogen (secondary N) is 1. The molecule has 1 aromatic heterocycles. The van der Waals surface area contributed by atoms with Gasteiger partial charge in [0.05, 0.1) is 2.74 Å². The van der Waals surface area contributed by atoms with Crippen molar-refractivity contribution in [2.45, 2.75) is 0 Å². The highest BCUT2D eigenvalue weighted by Crippen LogP contribution is 1.99. The van der Waals surface area contributed by atoms with Crippen LogP contribution in [0.4, 0.5) is 10.2 Å². The normalized spacial score (nSPS) is 12.2. The molecule has 1 rings (SSSR count). The second-order valence-corrected chi connectivity index (χ2v) is 1.38. The van der Waals surface area contributed by atoms with Gasteiger partial charge in [-0.15, -0.1) is 0 Å². The van der Waals surface area contributed by atoms with Gasteiger partial charge in [0.15, 0.2) is 0 Å². The van der Waals surface area contributed by atoms with E-state index in [4.69, 9.17) is 2.74 Å². The molecule has 0 spiro atoms. The first kappa shape index (κ1) is 3.82. The molecule has 1 aromatic rings. The van der Waals surface area contributed by atoms with Crippen LogP contribution in [0.2, 0.25) is 0 Å². The molecule has 0 aromatic carbocycles. The first-order valence-electron chi connectivity index (χ1n) is 3.39. The molecule has 2 nitrogen and oxygen atoms in total. The van der Waals surface area contributed by atoms with Crippen LogP contribution in [0.1, 0.15) is 2.74 Å². The average molecular weight is 127 g/mol. The summed E-state index contributed by atoms with van der Waals surface area (Å²) in [5, 5.41) is 2.50. The van der Waals surface area contributed by atoms with Gasteiger partial charge in [-0.05, 0) is 12.1 Å². The van der Waals surface area contributed by atoms with E-state index in [0.717, 1.165) is 0 Å². The van der Waals surface area contributed by atoms with E-state index in [2.05, 4.69) is 10.3 Å². The summed E-state index contributed by atoms with van der Waals surface area (Å²) >= 11 is 0. The minimum absolute atomic E-state index is 0.0613. The monoisotopic (exact) mass is 127 g/mol. The third kappa shape index (κ3) is 1.38. The Hall–Kier alpha value is -1.12. The van der Waals surface area contributed by atoms with Crippen LogP contribution < -0.4 is 5.32 Å². The molecule has 9 heavy (non-hydrogen) atoms. The Labute approximate surface area is 55.5 Å². The average Bonchev–Trinajstić information content (AvgIpc) is 1.96. The predicted molar refractivity (Wildman–Crippen MR) is 32.6 cm³/mol. The Morgan fingerprint density at radius 1 is 2.00 bits per heavy atom. The zero-order valence-corrected chi connectivity index (χ0v) is 4.83. The van der Waals surface area contributed by atoms with Crippen molar-refractivity contribution in [1.82, 2.24) is 4.98 Å². The highest BCUT2D eigenvalue weighted by Gasteiger charge is 1.90. The summed E-state index contributed by atoms with van der Waals surface area (Å²) in [6, 6.07) is 1.54. The van der Waals surface area contributed by atoms with Crippen LogP contribution in [-0.4, -0.2) is 12.0 Å². The molecule has 1 heterocycles. The number of rotatable bonds is 1. The maximum Gasteiger partial charge on any atom is 0.222 e. The van der Waals surface area contributed by atoms with Crippen molar-refractivity contribution in [3.05, 3.63) is 24.1 Å². The summed E-state index contributed by atoms with van der Waals surface area (Å²) in [5.74, 6) is -0.804. The fraction of sp³-hybridized carbons (Fsp3) is 0.167. The van der Waals surface area contributed by atoms with Crippen LogP contribution >= 0.6 is 0 Å². The lowest BCUT2D eigenvalue weighted by molar-refractivity contribution is 0.583. The zero-order valence-electron chi connectivity index (χ0n) is 6.83. The molecule has 0 aliphatic heterocycles. The SMILES string of the molecule is [2H]c1[c]c(F)nc(NC)c1[2H]. The van der Waals surface area contributed by atoms with Gasteiger partial charge in [0.1, 0.15) is 5.82 Å². The molecule has 0 bridgehead atoms. The molecule has 0 atom stereocenters. The molecule has 0 fully saturated rings. The third-order valence-corrected chi connectivity index (χ3v) is 0.793. The second kappa shape index (κ2) is 2.44. The van der Waals surface area contributed by atoms with Gasteiger partial charge in [-0.25, -0.2) is 4.98 Å². The highest BCUT2D eigenvalue weighted by molar-refractivity contribution is 5.31. The molecule has 0 aliphatic rings. The first-order chi connectivity index (χ1) is 5.15. The topological polar surface area (TPSA) is 24.9 Å². The highest BCUT2D eigenvalue weighted by atomic mass is 19.1. The summed E-state index contributed by atoms with van der Waals surface area (Å²) in [6.45, 7) is 0. The number of hydrogen-bond donors (Lipinski definition) is 1. The summed E-state index contributed by atoms with van der Waals surface area (Å²) in [4.78, 5) is 3.31. The minimum atomic E-state index is -0.865.